The van der Waals surface area contributed by atoms with Gasteiger partial charge >= 0.3 is 0 Å². The van der Waals surface area contributed by atoms with Crippen LogP contribution in [-0.2, 0) is 0 Å². The predicted octanol–water partition coefficient (Wildman–Crippen LogP) is 6.44. The third-order valence-electron chi connectivity index (χ3n) is 4.28. The monoisotopic (exact) mass is 476 g/mol. The van der Waals surface area contributed by atoms with Crippen molar-refractivity contribution in [2.45, 2.75) is 39.5 Å². The summed E-state index contributed by atoms with van der Waals surface area (Å²) in [6.07, 6.45) is 5.85. The Balaban J connectivity index is 0.000000151. The average Bonchev–Trinajstić information content (AvgIpc) is 3.19. The van der Waals surface area contributed by atoms with Crippen LogP contribution in [0.5, 0.6) is 0 Å². The van der Waals surface area contributed by atoms with E-state index in [4.69, 9.17) is 0 Å². The molecule has 0 bridgehead atoms. The summed E-state index contributed by atoms with van der Waals surface area (Å²) < 4.78 is 5.87. The van der Waals surface area contributed by atoms with Crippen LogP contribution in [-0.4, -0.2) is 19.2 Å². The molecule has 0 unspecified atom stereocenters. The topological polar surface area (TPSA) is 34.6 Å². The molecule has 0 atom stereocenters. The molecule has 4 aromatic rings. The second-order valence-corrected chi connectivity index (χ2v) is 8.56. The molecule has 0 amide bonds. The van der Waals surface area contributed by atoms with E-state index in [2.05, 4.69) is 81.9 Å². The van der Waals surface area contributed by atoms with Crippen molar-refractivity contribution in [3.8, 4) is 0 Å². The fraction of sp³-hybridized carbons (Fsp3) is 0.300. The van der Waals surface area contributed by atoms with Crippen molar-refractivity contribution >= 4 is 42.9 Å². The standard InChI is InChI=1S/2C10H11BrN2/c1-7(2)9-5-12-13-6-8(11)3-4-10(9)13;1-7(2)8-6-12-13-9(8)4-3-5-10(13)11/h2*3-7H,1-2H3. The molecular weight excluding hydrogens is 456 g/mol. The van der Waals surface area contributed by atoms with Gasteiger partial charge in [0, 0.05) is 21.8 Å². The van der Waals surface area contributed by atoms with Gasteiger partial charge in [0.05, 0.1) is 23.4 Å². The Bertz CT molecular complexity index is 1030. The molecular formula is C20H22Br2N4. The molecule has 0 spiro atoms. The van der Waals surface area contributed by atoms with E-state index in [1.807, 2.05) is 45.8 Å². The number of pyridine rings is 2. The van der Waals surface area contributed by atoms with Crippen LogP contribution in [0.1, 0.15) is 50.7 Å². The van der Waals surface area contributed by atoms with E-state index in [1.54, 1.807) is 0 Å². The van der Waals surface area contributed by atoms with E-state index in [1.165, 1.54) is 22.2 Å². The number of aromatic nitrogens is 4. The maximum atomic E-state index is 4.31. The van der Waals surface area contributed by atoms with E-state index in [0.29, 0.717) is 11.8 Å². The van der Waals surface area contributed by atoms with Crippen LogP contribution in [0.15, 0.2) is 58.0 Å². The van der Waals surface area contributed by atoms with E-state index in [-0.39, 0.29) is 0 Å². The highest BCUT2D eigenvalue weighted by atomic mass is 79.9. The molecule has 0 N–H and O–H groups in total. The minimum atomic E-state index is 0.520. The Morgan fingerprint density at radius 2 is 1.46 bits per heavy atom. The van der Waals surface area contributed by atoms with Crippen LogP contribution in [0, 0.1) is 0 Å². The molecule has 4 heterocycles. The number of nitrogens with zero attached hydrogens (tertiary/aromatic N) is 4. The largest absolute Gasteiger partial charge is 0.240 e. The molecule has 0 fully saturated rings. The lowest BCUT2D eigenvalue weighted by molar-refractivity contribution is 0.875. The van der Waals surface area contributed by atoms with Crippen molar-refractivity contribution in [3.05, 3.63) is 69.1 Å². The summed E-state index contributed by atoms with van der Waals surface area (Å²) in [7, 11) is 0. The summed E-state index contributed by atoms with van der Waals surface area (Å²) in [5.74, 6) is 1.05. The predicted molar refractivity (Wildman–Crippen MR) is 114 cm³/mol. The summed E-state index contributed by atoms with van der Waals surface area (Å²) in [4.78, 5) is 0. The van der Waals surface area contributed by atoms with Crippen LogP contribution < -0.4 is 0 Å². The van der Waals surface area contributed by atoms with E-state index < -0.39 is 0 Å². The van der Waals surface area contributed by atoms with Crippen LogP contribution in [0.3, 0.4) is 0 Å². The van der Waals surface area contributed by atoms with Gasteiger partial charge in [-0.05, 0) is 68.0 Å². The Morgan fingerprint density at radius 3 is 2.15 bits per heavy atom. The molecule has 136 valence electrons. The SMILES string of the molecule is CC(C)c1cnn2c(Br)cccc12.CC(C)c1cnn2cc(Br)ccc12. The summed E-state index contributed by atoms with van der Waals surface area (Å²) >= 11 is 6.88. The van der Waals surface area contributed by atoms with E-state index in [9.17, 15) is 0 Å². The Hall–Kier alpha value is -1.66. The van der Waals surface area contributed by atoms with Gasteiger partial charge in [0.25, 0.3) is 0 Å². The normalized spacial score (nSPS) is 11.4. The summed E-state index contributed by atoms with van der Waals surface area (Å²) in [6.45, 7) is 8.72. The van der Waals surface area contributed by atoms with Gasteiger partial charge in [-0.3, -0.25) is 0 Å². The fourth-order valence-electron chi connectivity index (χ4n) is 2.87. The zero-order valence-electron chi connectivity index (χ0n) is 15.3. The molecule has 0 saturated carbocycles. The Morgan fingerprint density at radius 1 is 0.808 bits per heavy atom. The fourth-order valence-corrected chi connectivity index (χ4v) is 3.63. The Labute approximate surface area is 170 Å². The van der Waals surface area contributed by atoms with Gasteiger partial charge in [0.1, 0.15) is 4.60 Å². The van der Waals surface area contributed by atoms with Gasteiger partial charge in [-0.2, -0.15) is 10.2 Å². The number of hydrogen-bond acceptors (Lipinski definition) is 2. The molecule has 26 heavy (non-hydrogen) atoms. The molecule has 6 heteroatoms. The molecule has 0 aliphatic rings. The molecule has 0 aromatic carbocycles. The van der Waals surface area contributed by atoms with Crippen LogP contribution in [0.25, 0.3) is 11.0 Å². The molecule has 4 nitrogen and oxygen atoms in total. The van der Waals surface area contributed by atoms with Crippen molar-refractivity contribution in [3.63, 3.8) is 0 Å². The average molecular weight is 478 g/mol. The van der Waals surface area contributed by atoms with Crippen LogP contribution >= 0.6 is 31.9 Å². The third kappa shape index (κ3) is 3.86. The maximum Gasteiger partial charge on any atom is 0.108 e. The number of halogens is 2. The zero-order valence-corrected chi connectivity index (χ0v) is 18.5. The Kier molecular flexibility index (Phi) is 5.82. The van der Waals surface area contributed by atoms with Crippen molar-refractivity contribution in [2.75, 3.05) is 0 Å². The first-order valence-corrected chi connectivity index (χ1v) is 10.2. The molecule has 0 radical (unpaired) electrons. The lowest BCUT2D eigenvalue weighted by atomic mass is 10.1. The molecule has 0 saturated heterocycles. The first-order valence-electron chi connectivity index (χ1n) is 8.63. The highest BCUT2D eigenvalue weighted by Crippen LogP contribution is 2.23. The smallest absolute Gasteiger partial charge is 0.108 e. The quantitative estimate of drug-likeness (QED) is 0.311. The van der Waals surface area contributed by atoms with Crippen LogP contribution in [0.4, 0.5) is 0 Å². The van der Waals surface area contributed by atoms with E-state index >= 15 is 0 Å². The summed E-state index contributed by atoms with van der Waals surface area (Å²) in [6, 6.07) is 10.2. The highest BCUT2D eigenvalue weighted by molar-refractivity contribution is 9.10. The van der Waals surface area contributed by atoms with Gasteiger partial charge in [-0.25, -0.2) is 9.03 Å². The van der Waals surface area contributed by atoms with Gasteiger partial charge in [-0.15, -0.1) is 0 Å². The second kappa shape index (κ2) is 7.92. The molecule has 4 rings (SSSR count). The number of fused-ring (bicyclic) bond motifs is 2. The number of rotatable bonds is 2. The summed E-state index contributed by atoms with van der Waals surface area (Å²) in [5, 5.41) is 8.60. The first kappa shape index (κ1) is 19.1. The maximum absolute atomic E-state index is 4.31. The lowest BCUT2D eigenvalue weighted by Gasteiger charge is -2.02. The van der Waals surface area contributed by atoms with Gasteiger partial charge in [-0.1, -0.05) is 33.8 Å². The molecule has 0 aliphatic carbocycles. The minimum absolute atomic E-state index is 0.520. The van der Waals surface area contributed by atoms with Crippen molar-refractivity contribution < 1.29 is 0 Å². The number of hydrogen-bond donors (Lipinski definition) is 0. The molecule has 0 aliphatic heterocycles. The van der Waals surface area contributed by atoms with Gasteiger partial charge < -0.3 is 0 Å². The van der Waals surface area contributed by atoms with Crippen LogP contribution in [0.2, 0.25) is 0 Å². The van der Waals surface area contributed by atoms with Crippen molar-refractivity contribution in [1.29, 1.82) is 0 Å². The first-order chi connectivity index (χ1) is 12.4. The van der Waals surface area contributed by atoms with Gasteiger partial charge in [0.15, 0.2) is 0 Å². The third-order valence-corrected chi connectivity index (χ3v) is 5.35. The van der Waals surface area contributed by atoms with Crippen molar-refractivity contribution in [2.24, 2.45) is 0 Å². The van der Waals surface area contributed by atoms with Crippen molar-refractivity contribution in [1.82, 2.24) is 19.2 Å². The zero-order chi connectivity index (χ0) is 18.8. The van der Waals surface area contributed by atoms with Gasteiger partial charge in [0.2, 0.25) is 0 Å². The summed E-state index contributed by atoms with van der Waals surface area (Å²) in [5.41, 5.74) is 4.97. The second-order valence-electron chi connectivity index (χ2n) is 6.83. The highest BCUT2D eigenvalue weighted by Gasteiger charge is 2.08. The van der Waals surface area contributed by atoms with E-state index in [0.717, 1.165) is 9.08 Å². The molecule has 4 aromatic heterocycles. The minimum Gasteiger partial charge on any atom is -0.240 e. The lowest BCUT2D eigenvalue weighted by Crippen LogP contribution is -1.89.